The van der Waals surface area contributed by atoms with Crippen LogP contribution in [0.5, 0.6) is 0 Å². The molecule has 2 aliphatic rings. The minimum atomic E-state index is -1.62. The number of benzene rings is 2. The summed E-state index contributed by atoms with van der Waals surface area (Å²) < 4.78 is 35.2. The van der Waals surface area contributed by atoms with Gasteiger partial charge >= 0.3 is 0 Å². The minimum Gasteiger partial charge on any atom is -0.367 e. The van der Waals surface area contributed by atoms with Crippen LogP contribution in [0.15, 0.2) is 67.1 Å². The highest BCUT2D eigenvalue weighted by atomic mass is 32.1. The van der Waals surface area contributed by atoms with E-state index < -0.39 is 11.3 Å². The molecule has 14 heteroatoms. The number of piperidine rings is 1. The lowest BCUT2D eigenvalue weighted by Crippen LogP contribution is -2.49. The van der Waals surface area contributed by atoms with Gasteiger partial charge in [0, 0.05) is 81.4 Å². The molecule has 11 nitrogen and oxygen atoms in total. The Morgan fingerprint density at radius 1 is 1.04 bits per heavy atom. The molecule has 5 aromatic rings. The number of nitrogens with zero attached hydrogens (tertiary/aromatic N) is 6. The average Bonchev–Trinajstić information content (AvgIpc) is 3.86. The summed E-state index contributed by atoms with van der Waals surface area (Å²) in [5, 5.41) is 11.5. The minimum absolute atomic E-state index is 0.104. The van der Waals surface area contributed by atoms with Gasteiger partial charge in [-0.2, -0.15) is 5.10 Å². The van der Waals surface area contributed by atoms with Gasteiger partial charge in [-0.3, -0.25) is 19.6 Å². The van der Waals surface area contributed by atoms with Gasteiger partial charge in [0.1, 0.15) is 10.8 Å². The Kier molecular flexibility index (Phi) is 8.24. The van der Waals surface area contributed by atoms with Crippen LogP contribution in [-0.2, 0) is 20.0 Å². The number of aromatic amines is 1. The number of rotatable bonds is 8. The van der Waals surface area contributed by atoms with E-state index in [1.165, 1.54) is 30.6 Å². The molecule has 0 unspecified atom stereocenters. The van der Waals surface area contributed by atoms with Gasteiger partial charge in [0.05, 0.1) is 22.6 Å². The molecule has 0 aliphatic carbocycles. The lowest BCUT2D eigenvalue weighted by molar-refractivity contribution is -0.139. The SMILES string of the molecule is CO[C@@]1(C(=O)Nc2ccc3[nH]nc(-c4ccc(F)cc4)c3c2)CCN(CC(=O)N2CCC(F)(c3ncc(-c4ncccn4)s3)CC2)C1. The Morgan fingerprint density at radius 3 is 2.55 bits per heavy atom. The summed E-state index contributed by atoms with van der Waals surface area (Å²) in [5.74, 6) is -0.258. The number of hydrogen-bond donors (Lipinski definition) is 2. The van der Waals surface area contributed by atoms with Crippen LogP contribution in [0.25, 0.3) is 32.9 Å². The number of H-pyrrole nitrogens is 1. The maximum atomic E-state index is 16.0. The molecule has 0 bridgehead atoms. The maximum Gasteiger partial charge on any atom is 0.258 e. The van der Waals surface area contributed by atoms with E-state index in [0.717, 1.165) is 16.5 Å². The number of carbonyl (C=O) groups excluding carboxylic acids is 2. The summed E-state index contributed by atoms with van der Waals surface area (Å²) in [6.07, 6.45) is 5.57. The second kappa shape index (κ2) is 12.5. The van der Waals surface area contributed by atoms with Crippen molar-refractivity contribution in [2.75, 3.05) is 45.2 Å². The first kappa shape index (κ1) is 31.0. The molecule has 2 saturated heterocycles. The number of anilines is 1. The molecule has 2 fully saturated rings. The van der Waals surface area contributed by atoms with E-state index in [4.69, 9.17) is 4.74 Å². The number of fused-ring (bicyclic) bond motifs is 1. The molecule has 2 amide bonds. The van der Waals surface area contributed by atoms with Gasteiger partial charge in [-0.05, 0) is 55.0 Å². The molecule has 0 saturated carbocycles. The molecule has 0 spiro atoms. The van der Waals surface area contributed by atoms with Gasteiger partial charge in [0.25, 0.3) is 5.91 Å². The number of halogens is 2. The predicted molar refractivity (Wildman–Crippen MR) is 173 cm³/mol. The standard InChI is InChI=1S/C33H32F2N8O3S/c1-46-33(30(45)39-23-7-8-25-24(17-23)28(41-40-25)21-3-5-22(34)6-4-21)11-14-42(20-33)19-27(44)43-15-9-32(35,10-16-43)31-38-18-26(47-31)29-36-12-2-13-37-29/h2-8,12-13,17-18H,9-11,14-16,19-20H2,1H3,(H,39,45)(H,40,41)/t33-/m0/s1. The Bertz CT molecular complexity index is 1910. The zero-order valence-corrected chi connectivity index (χ0v) is 26.4. The van der Waals surface area contributed by atoms with Crippen molar-refractivity contribution in [3.8, 4) is 22.0 Å². The van der Waals surface area contributed by atoms with Crippen LogP contribution in [0.4, 0.5) is 14.5 Å². The van der Waals surface area contributed by atoms with E-state index in [2.05, 4.69) is 30.5 Å². The van der Waals surface area contributed by atoms with Crippen molar-refractivity contribution in [1.82, 2.24) is 34.9 Å². The number of thiazole rings is 1. The van der Waals surface area contributed by atoms with E-state index in [1.54, 1.807) is 47.8 Å². The summed E-state index contributed by atoms with van der Waals surface area (Å²) in [5.41, 5.74) is -0.0482. The lowest BCUT2D eigenvalue weighted by Gasteiger charge is -2.36. The van der Waals surface area contributed by atoms with Crippen molar-refractivity contribution in [2.24, 2.45) is 0 Å². The summed E-state index contributed by atoms with van der Waals surface area (Å²) in [4.78, 5) is 43.9. The number of aromatic nitrogens is 5. The van der Waals surface area contributed by atoms with E-state index in [0.29, 0.717) is 40.1 Å². The van der Waals surface area contributed by atoms with E-state index >= 15 is 4.39 Å². The number of likely N-dealkylation sites (tertiary alicyclic amines) is 2. The second-order valence-corrected chi connectivity index (χ2v) is 12.9. The largest absolute Gasteiger partial charge is 0.367 e. The fourth-order valence-corrected chi connectivity index (χ4v) is 7.23. The monoisotopic (exact) mass is 658 g/mol. The zero-order valence-electron chi connectivity index (χ0n) is 25.6. The number of alkyl halides is 1. The van der Waals surface area contributed by atoms with Crippen molar-refractivity contribution < 1.29 is 23.1 Å². The van der Waals surface area contributed by atoms with Crippen LogP contribution >= 0.6 is 11.3 Å². The molecule has 242 valence electrons. The van der Waals surface area contributed by atoms with Crippen molar-refractivity contribution in [1.29, 1.82) is 0 Å². The molecule has 2 N–H and O–H groups in total. The fraction of sp³-hybridized carbons (Fsp3) is 0.333. The summed E-state index contributed by atoms with van der Waals surface area (Å²) in [7, 11) is 1.50. The topological polar surface area (TPSA) is 129 Å². The number of hydrogen-bond acceptors (Lipinski definition) is 9. The van der Waals surface area contributed by atoms with Crippen LogP contribution < -0.4 is 5.32 Å². The molecule has 2 aromatic carbocycles. The zero-order chi connectivity index (χ0) is 32.6. The summed E-state index contributed by atoms with van der Waals surface area (Å²) >= 11 is 1.24. The molecule has 3 aromatic heterocycles. The predicted octanol–water partition coefficient (Wildman–Crippen LogP) is 4.80. The molecule has 1 atom stereocenters. The molecule has 5 heterocycles. The van der Waals surface area contributed by atoms with Crippen LogP contribution in [-0.4, -0.2) is 92.2 Å². The van der Waals surface area contributed by atoms with E-state index in [-0.39, 0.29) is 56.7 Å². The van der Waals surface area contributed by atoms with E-state index in [1.807, 2.05) is 17.0 Å². The highest BCUT2D eigenvalue weighted by Gasteiger charge is 2.46. The molecular weight excluding hydrogens is 626 g/mol. The average molecular weight is 659 g/mol. The first-order valence-corrected chi connectivity index (χ1v) is 16.1. The Morgan fingerprint density at radius 2 is 1.81 bits per heavy atom. The number of amides is 2. The van der Waals surface area contributed by atoms with Crippen molar-refractivity contribution in [3.05, 3.63) is 77.9 Å². The molecule has 0 radical (unpaired) electrons. The number of nitrogens with one attached hydrogen (secondary N) is 2. The summed E-state index contributed by atoms with van der Waals surface area (Å²) in [6, 6.07) is 13.2. The lowest BCUT2D eigenvalue weighted by atomic mass is 9.94. The smallest absolute Gasteiger partial charge is 0.258 e. The fourth-order valence-electron chi connectivity index (χ4n) is 6.23. The third kappa shape index (κ3) is 6.11. The molecule has 7 rings (SSSR count). The van der Waals surface area contributed by atoms with Gasteiger partial charge in [-0.25, -0.2) is 23.7 Å². The Labute approximate surface area is 273 Å². The van der Waals surface area contributed by atoms with Gasteiger partial charge in [0.15, 0.2) is 17.1 Å². The molecule has 2 aliphatic heterocycles. The highest BCUT2D eigenvalue weighted by Crippen LogP contribution is 2.41. The number of methoxy groups -OCH3 is 1. The third-order valence-corrected chi connectivity index (χ3v) is 10.2. The van der Waals surface area contributed by atoms with Crippen LogP contribution in [0.3, 0.4) is 0 Å². The maximum absolute atomic E-state index is 16.0. The second-order valence-electron chi connectivity index (χ2n) is 11.9. The quantitative estimate of drug-likeness (QED) is 0.243. The van der Waals surface area contributed by atoms with Gasteiger partial charge in [0.2, 0.25) is 5.91 Å². The van der Waals surface area contributed by atoms with Crippen LogP contribution in [0.1, 0.15) is 24.3 Å². The normalized spacial score (nSPS) is 19.7. The third-order valence-electron chi connectivity index (χ3n) is 9.00. The Hall–Kier alpha value is -4.66. The first-order chi connectivity index (χ1) is 22.7. The van der Waals surface area contributed by atoms with Gasteiger partial charge in [-0.1, -0.05) is 0 Å². The molecule has 47 heavy (non-hydrogen) atoms. The Balaban J connectivity index is 0.959. The summed E-state index contributed by atoms with van der Waals surface area (Å²) in [6.45, 7) is 1.37. The van der Waals surface area contributed by atoms with Crippen molar-refractivity contribution in [2.45, 2.75) is 30.5 Å². The van der Waals surface area contributed by atoms with Gasteiger partial charge in [-0.15, -0.1) is 11.3 Å². The number of ether oxygens (including phenoxy) is 1. The van der Waals surface area contributed by atoms with Crippen LogP contribution in [0, 0.1) is 5.82 Å². The van der Waals surface area contributed by atoms with Crippen molar-refractivity contribution in [3.63, 3.8) is 0 Å². The number of carbonyl (C=O) groups is 2. The molecular formula is C33H32F2N8O3S. The van der Waals surface area contributed by atoms with E-state index in [9.17, 15) is 14.0 Å². The van der Waals surface area contributed by atoms with Crippen LogP contribution in [0.2, 0.25) is 0 Å². The van der Waals surface area contributed by atoms with Crippen molar-refractivity contribution >= 4 is 39.7 Å². The first-order valence-electron chi connectivity index (χ1n) is 15.3. The highest BCUT2D eigenvalue weighted by molar-refractivity contribution is 7.15. The van der Waals surface area contributed by atoms with Gasteiger partial charge < -0.3 is 15.0 Å².